The van der Waals surface area contributed by atoms with Crippen LogP contribution in [0.3, 0.4) is 0 Å². The van der Waals surface area contributed by atoms with E-state index in [9.17, 15) is 4.79 Å². The average Bonchev–Trinajstić information content (AvgIpc) is 2.74. The maximum Gasteiger partial charge on any atom is 0.185 e. The molecular formula is C9H6O3. The van der Waals surface area contributed by atoms with Gasteiger partial charge in [0.2, 0.25) is 0 Å². The van der Waals surface area contributed by atoms with Crippen LogP contribution in [0.2, 0.25) is 0 Å². The molecule has 0 aromatic carbocycles. The lowest BCUT2D eigenvalue weighted by Gasteiger charge is -1.88. The number of furan rings is 2. The molecule has 0 aliphatic carbocycles. The third-order valence-corrected chi connectivity index (χ3v) is 1.63. The van der Waals surface area contributed by atoms with E-state index >= 15 is 0 Å². The molecule has 0 bridgehead atoms. The summed E-state index contributed by atoms with van der Waals surface area (Å²) in [5, 5.41) is 0. The maximum atomic E-state index is 10.5. The van der Waals surface area contributed by atoms with Gasteiger partial charge in [-0.25, -0.2) is 0 Å². The number of hydrogen-bond donors (Lipinski definition) is 0. The molecule has 0 saturated heterocycles. The fourth-order valence-electron chi connectivity index (χ4n) is 1.07. The zero-order chi connectivity index (χ0) is 8.39. The van der Waals surface area contributed by atoms with E-state index < -0.39 is 0 Å². The lowest BCUT2D eigenvalue weighted by Crippen LogP contribution is -1.77. The highest BCUT2D eigenvalue weighted by molar-refractivity contribution is 5.83. The molecule has 2 rings (SSSR count). The van der Waals surface area contributed by atoms with Gasteiger partial charge in [0, 0.05) is 11.1 Å². The Balaban J connectivity index is 2.53. The SMILES string of the molecule is O=Cc1occc1-c1ccoc1. The van der Waals surface area contributed by atoms with Crippen molar-refractivity contribution in [2.24, 2.45) is 0 Å². The molecule has 0 atom stereocenters. The standard InChI is InChI=1S/C9H6O3/c10-5-9-8(2-4-12-9)7-1-3-11-6-7/h1-6H. The van der Waals surface area contributed by atoms with Crippen LogP contribution in [0.15, 0.2) is 39.8 Å². The second kappa shape index (κ2) is 2.70. The Labute approximate surface area is 68.6 Å². The third kappa shape index (κ3) is 0.955. The predicted octanol–water partition coefficient (Wildman–Crippen LogP) is 2.35. The van der Waals surface area contributed by atoms with Gasteiger partial charge in [0.15, 0.2) is 12.0 Å². The highest BCUT2D eigenvalue weighted by atomic mass is 16.3. The Hall–Kier alpha value is -1.77. The lowest BCUT2D eigenvalue weighted by molar-refractivity contribution is 0.110. The molecule has 0 N–H and O–H groups in total. The molecule has 0 fully saturated rings. The summed E-state index contributed by atoms with van der Waals surface area (Å²) in [6.07, 6.45) is 5.28. The molecular weight excluding hydrogens is 156 g/mol. The van der Waals surface area contributed by atoms with Gasteiger partial charge in [0.25, 0.3) is 0 Å². The first kappa shape index (κ1) is 6.91. The van der Waals surface area contributed by atoms with Crippen molar-refractivity contribution in [2.75, 3.05) is 0 Å². The molecule has 0 spiro atoms. The van der Waals surface area contributed by atoms with E-state index in [-0.39, 0.29) is 0 Å². The Morgan fingerprint density at radius 3 is 2.83 bits per heavy atom. The number of carbonyl (C=O) groups is 1. The fraction of sp³-hybridized carbons (Fsp3) is 0. The predicted molar refractivity (Wildman–Crippen MR) is 41.8 cm³/mol. The molecule has 3 nitrogen and oxygen atoms in total. The molecule has 0 aliphatic rings. The van der Waals surface area contributed by atoms with Crippen LogP contribution in [-0.4, -0.2) is 6.29 Å². The van der Waals surface area contributed by atoms with Crippen molar-refractivity contribution in [3.05, 3.63) is 36.7 Å². The summed E-state index contributed by atoms with van der Waals surface area (Å²) in [6.45, 7) is 0. The Kier molecular flexibility index (Phi) is 1.55. The molecule has 0 aliphatic heterocycles. The van der Waals surface area contributed by atoms with E-state index in [1.54, 1.807) is 24.7 Å². The van der Waals surface area contributed by atoms with Gasteiger partial charge in [-0.3, -0.25) is 4.79 Å². The highest BCUT2D eigenvalue weighted by Crippen LogP contribution is 2.23. The van der Waals surface area contributed by atoms with E-state index in [4.69, 9.17) is 8.83 Å². The van der Waals surface area contributed by atoms with Crippen molar-refractivity contribution in [1.29, 1.82) is 0 Å². The van der Waals surface area contributed by atoms with Crippen molar-refractivity contribution in [3.8, 4) is 11.1 Å². The Bertz CT molecular complexity index is 370. The summed E-state index contributed by atoms with van der Waals surface area (Å²) < 4.78 is 9.81. The summed E-state index contributed by atoms with van der Waals surface area (Å²) in [6, 6.07) is 3.51. The van der Waals surface area contributed by atoms with Crippen molar-refractivity contribution >= 4 is 6.29 Å². The van der Waals surface area contributed by atoms with Crippen LogP contribution < -0.4 is 0 Å². The van der Waals surface area contributed by atoms with E-state index in [2.05, 4.69) is 0 Å². The second-order valence-electron chi connectivity index (χ2n) is 2.33. The van der Waals surface area contributed by atoms with E-state index in [1.165, 1.54) is 6.26 Å². The van der Waals surface area contributed by atoms with Crippen molar-refractivity contribution in [2.45, 2.75) is 0 Å². The summed E-state index contributed by atoms with van der Waals surface area (Å²) >= 11 is 0. The zero-order valence-electron chi connectivity index (χ0n) is 6.19. The minimum Gasteiger partial charge on any atom is -0.472 e. The Morgan fingerprint density at radius 1 is 1.25 bits per heavy atom. The first-order chi connectivity index (χ1) is 5.92. The summed E-state index contributed by atoms with van der Waals surface area (Å²) in [5.74, 6) is 0.330. The van der Waals surface area contributed by atoms with Gasteiger partial charge in [-0.2, -0.15) is 0 Å². The monoisotopic (exact) mass is 162 g/mol. The molecule has 0 radical (unpaired) electrons. The van der Waals surface area contributed by atoms with Crippen molar-refractivity contribution in [3.63, 3.8) is 0 Å². The Morgan fingerprint density at radius 2 is 2.17 bits per heavy atom. The van der Waals surface area contributed by atoms with Gasteiger partial charge in [-0.15, -0.1) is 0 Å². The first-order valence-corrected chi connectivity index (χ1v) is 3.47. The minimum absolute atomic E-state index is 0.330. The summed E-state index contributed by atoms with van der Waals surface area (Å²) in [4.78, 5) is 10.5. The lowest BCUT2D eigenvalue weighted by atomic mass is 10.1. The van der Waals surface area contributed by atoms with E-state index in [0.29, 0.717) is 12.0 Å². The van der Waals surface area contributed by atoms with Gasteiger partial charge in [0.1, 0.15) is 0 Å². The van der Waals surface area contributed by atoms with Gasteiger partial charge in [0.05, 0.1) is 18.8 Å². The first-order valence-electron chi connectivity index (χ1n) is 3.47. The molecule has 0 unspecified atom stereocenters. The largest absolute Gasteiger partial charge is 0.472 e. The number of rotatable bonds is 2. The number of hydrogen-bond acceptors (Lipinski definition) is 3. The molecule has 0 saturated carbocycles. The molecule has 2 heterocycles. The van der Waals surface area contributed by atoms with Gasteiger partial charge in [-0.05, 0) is 12.1 Å². The molecule has 3 heteroatoms. The maximum absolute atomic E-state index is 10.5. The normalized spacial score (nSPS) is 10.0. The topological polar surface area (TPSA) is 43.4 Å². The van der Waals surface area contributed by atoms with Crippen molar-refractivity contribution in [1.82, 2.24) is 0 Å². The van der Waals surface area contributed by atoms with Crippen LogP contribution in [-0.2, 0) is 0 Å². The molecule has 2 aromatic heterocycles. The summed E-state index contributed by atoms with van der Waals surface area (Å²) in [7, 11) is 0. The molecule has 0 amide bonds. The van der Waals surface area contributed by atoms with Gasteiger partial charge >= 0.3 is 0 Å². The zero-order valence-corrected chi connectivity index (χ0v) is 6.19. The fourth-order valence-corrected chi connectivity index (χ4v) is 1.07. The number of aldehydes is 1. The summed E-state index contributed by atoms with van der Waals surface area (Å²) in [5.41, 5.74) is 1.62. The van der Waals surface area contributed by atoms with Crippen LogP contribution in [0.1, 0.15) is 10.6 Å². The van der Waals surface area contributed by atoms with Crippen LogP contribution in [0.25, 0.3) is 11.1 Å². The second-order valence-corrected chi connectivity index (χ2v) is 2.33. The third-order valence-electron chi connectivity index (χ3n) is 1.63. The molecule has 60 valence electrons. The minimum atomic E-state index is 0.330. The van der Waals surface area contributed by atoms with Gasteiger partial charge < -0.3 is 8.83 Å². The van der Waals surface area contributed by atoms with Crippen LogP contribution in [0.5, 0.6) is 0 Å². The highest BCUT2D eigenvalue weighted by Gasteiger charge is 2.07. The van der Waals surface area contributed by atoms with Crippen LogP contribution in [0, 0.1) is 0 Å². The smallest absolute Gasteiger partial charge is 0.185 e. The molecule has 2 aromatic rings. The van der Waals surface area contributed by atoms with Crippen LogP contribution >= 0.6 is 0 Å². The number of carbonyl (C=O) groups excluding carboxylic acids is 1. The van der Waals surface area contributed by atoms with E-state index in [1.807, 2.05) is 0 Å². The molecule has 12 heavy (non-hydrogen) atoms. The van der Waals surface area contributed by atoms with Crippen molar-refractivity contribution < 1.29 is 13.6 Å². The van der Waals surface area contributed by atoms with Crippen LogP contribution in [0.4, 0.5) is 0 Å². The van der Waals surface area contributed by atoms with Gasteiger partial charge in [-0.1, -0.05) is 0 Å². The quantitative estimate of drug-likeness (QED) is 0.636. The van der Waals surface area contributed by atoms with E-state index in [0.717, 1.165) is 11.1 Å². The average molecular weight is 162 g/mol.